The third kappa shape index (κ3) is 4.73. The number of hydrogen-bond acceptors (Lipinski definition) is 2. The summed E-state index contributed by atoms with van der Waals surface area (Å²) in [5.41, 5.74) is -1.98. The topological polar surface area (TPSA) is 18.5 Å². The van der Waals surface area contributed by atoms with Gasteiger partial charge in [-0.2, -0.15) is 0 Å². The van der Waals surface area contributed by atoms with E-state index >= 15 is 0 Å². The summed E-state index contributed by atoms with van der Waals surface area (Å²) in [4.78, 5) is 0. The van der Waals surface area contributed by atoms with Crippen molar-refractivity contribution < 1.29 is 56.1 Å². The van der Waals surface area contributed by atoms with E-state index in [1.807, 2.05) is 0 Å². The van der Waals surface area contributed by atoms with E-state index < -0.39 is 59.1 Å². The summed E-state index contributed by atoms with van der Waals surface area (Å²) in [7, 11) is 0. The van der Waals surface area contributed by atoms with E-state index in [-0.39, 0.29) is 0 Å². The molecule has 2 rings (SSSR count). The van der Waals surface area contributed by atoms with Gasteiger partial charge in [0.25, 0.3) is 0 Å². The van der Waals surface area contributed by atoms with Gasteiger partial charge >= 0.3 is 140 Å². The fourth-order valence-corrected chi connectivity index (χ4v) is 3.11. The molecule has 0 spiro atoms. The Morgan fingerprint density at radius 2 is 0.957 bits per heavy atom. The van der Waals surface area contributed by atoms with Crippen molar-refractivity contribution in [3.63, 3.8) is 0 Å². The molecule has 0 N–H and O–H groups in total. The molecule has 2 aromatic carbocycles. The van der Waals surface area contributed by atoms with Crippen molar-refractivity contribution in [3.8, 4) is 11.5 Å². The van der Waals surface area contributed by atoms with Crippen molar-refractivity contribution in [2.45, 2.75) is 12.4 Å². The van der Waals surface area contributed by atoms with Gasteiger partial charge < -0.3 is 0 Å². The molecule has 0 saturated heterocycles. The SMILES string of the molecule is FC(F)(F)c1ccccc1[O][Zr][O]c1ccccc1C(F)(F)F. The van der Waals surface area contributed by atoms with Crippen LogP contribution in [0.1, 0.15) is 11.1 Å². The van der Waals surface area contributed by atoms with Crippen molar-refractivity contribution in [2.75, 3.05) is 0 Å². The number of rotatable bonds is 4. The van der Waals surface area contributed by atoms with E-state index in [1.165, 1.54) is 24.3 Å². The Morgan fingerprint density at radius 3 is 1.30 bits per heavy atom. The average Bonchev–Trinajstić information content (AvgIpc) is 2.46. The first kappa shape index (κ1) is 17.9. The van der Waals surface area contributed by atoms with Crippen molar-refractivity contribution in [2.24, 2.45) is 0 Å². The summed E-state index contributed by atoms with van der Waals surface area (Å²) in [5, 5.41) is 0. The zero-order chi connectivity index (χ0) is 17.1. The van der Waals surface area contributed by atoms with Crippen molar-refractivity contribution in [1.29, 1.82) is 0 Å². The molecule has 0 aliphatic heterocycles. The molecule has 23 heavy (non-hydrogen) atoms. The third-order valence-corrected chi connectivity index (χ3v) is 4.18. The normalized spacial score (nSPS) is 11.9. The summed E-state index contributed by atoms with van der Waals surface area (Å²) in [5.74, 6) is -0.896. The minimum absolute atomic E-state index is 0.448. The Kier molecular flexibility index (Phi) is 5.39. The van der Waals surface area contributed by atoms with Crippen LogP contribution < -0.4 is 5.63 Å². The summed E-state index contributed by atoms with van der Waals surface area (Å²) in [6.45, 7) is 0. The summed E-state index contributed by atoms with van der Waals surface area (Å²) in [6, 6.07) is 8.94. The maximum atomic E-state index is 12.8. The molecule has 0 aliphatic rings. The Labute approximate surface area is 139 Å². The Morgan fingerprint density at radius 1 is 0.609 bits per heavy atom. The quantitative estimate of drug-likeness (QED) is 0.650. The fourth-order valence-electron chi connectivity index (χ4n) is 1.69. The molecule has 2 aromatic rings. The van der Waals surface area contributed by atoms with Gasteiger partial charge in [-0.05, 0) is 0 Å². The Bertz CT molecular complexity index is 611. The van der Waals surface area contributed by atoms with Crippen molar-refractivity contribution >= 4 is 0 Å². The van der Waals surface area contributed by atoms with Gasteiger partial charge in [-0.1, -0.05) is 0 Å². The van der Waals surface area contributed by atoms with Gasteiger partial charge in [0.05, 0.1) is 0 Å². The van der Waals surface area contributed by atoms with E-state index in [4.69, 9.17) is 5.63 Å². The second kappa shape index (κ2) is 6.95. The molecule has 0 atom stereocenters. The van der Waals surface area contributed by atoms with Gasteiger partial charge in [-0.25, -0.2) is 0 Å². The van der Waals surface area contributed by atoms with Crippen LogP contribution in [0.4, 0.5) is 26.3 Å². The van der Waals surface area contributed by atoms with Crippen molar-refractivity contribution in [3.05, 3.63) is 59.7 Å². The molecule has 0 aliphatic carbocycles. The molecule has 0 bridgehead atoms. The molecule has 9 heteroatoms. The summed E-state index contributed by atoms with van der Waals surface area (Å²) >= 11 is -2.45. The van der Waals surface area contributed by atoms with Crippen LogP contribution in [-0.2, 0) is 36.5 Å². The van der Waals surface area contributed by atoms with Crippen LogP contribution in [0.3, 0.4) is 0 Å². The zero-order valence-corrected chi connectivity index (χ0v) is 13.7. The molecular formula is C14H8F6O2Zr. The zero-order valence-electron chi connectivity index (χ0n) is 11.2. The van der Waals surface area contributed by atoms with Crippen molar-refractivity contribution in [1.82, 2.24) is 0 Å². The number of halogens is 6. The predicted molar refractivity (Wildman–Crippen MR) is 64.1 cm³/mol. The van der Waals surface area contributed by atoms with Gasteiger partial charge in [0.2, 0.25) is 0 Å². The molecule has 0 fully saturated rings. The number of hydrogen-bond donors (Lipinski definition) is 0. The number of alkyl halides is 6. The Balaban J connectivity index is 2.11. The average molecular weight is 413 g/mol. The molecule has 2 nitrogen and oxygen atoms in total. The molecule has 0 heterocycles. The second-order valence-corrected chi connectivity index (χ2v) is 5.69. The first-order valence-corrected chi connectivity index (χ1v) is 8.11. The number of para-hydroxylation sites is 2. The maximum absolute atomic E-state index is 12.8. The van der Waals surface area contributed by atoms with Crippen LogP contribution in [0.25, 0.3) is 0 Å². The van der Waals surface area contributed by atoms with E-state index in [9.17, 15) is 26.3 Å². The van der Waals surface area contributed by atoms with Crippen LogP contribution in [0.5, 0.6) is 11.5 Å². The minimum atomic E-state index is -4.61. The molecule has 0 unspecified atom stereocenters. The standard InChI is InChI=1S/2C7H5F3O.Zr/c2*8-7(9,10)5-3-1-2-4-6(5)11;/h2*1-4,11H;/q;;+2/p-2. The Hall–Kier alpha value is -1.50. The van der Waals surface area contributed by atoms with E-state index in [2.05, 4.69) is 0 Å². The van der Waals surface area contributed by atoms with Gasteiger partial charge in [-0.15, -0.1) is 0 Å². The molecule has 122 valence electrons. The van der Waals surface area contributed by atoms with Crippen LogP contribution in [0, 0.1) is 0 Å². The van der Waals surface area contributed by atoms with E-state index in [0.717, 1.165) is 24.3 Å². The fraction of sp³-hybridized carbons (Fsp3) is 0.143. The first-order valence-electron chi connectivity index (χ1n) is 6.11. The van der Waals surface area contributed by atoms with Crippen LogP contribution >= 0.6 is 0 Å². The first-order chi connectivity index (χ1) is 10.7. The third-order valence-electron chi connectivity index (χ3n) is 2.69. The van der Waals surface area contributed by atoms with Gasteiger partial charge in [0.15, 0.2) is 0 Å². The summed E-state index contributed by atoms with van der Waals surface area (Å²) in [6.07, 6.45) is -9.22. The van der Waals surface area contributed by atoms with Gasteiger partial charge in [-0.3, -0.25) is 0 Å². The van der Waals surface area contributed by atoms with Crippen LogP contribution in [0.15, 0.2) is 48.5 Å². The monoisotopic (exact) mass is 412 g/mol. The van der Waals surface area contributed by atoms with E-state index in [0.29, 0.717) is 0 Å². The second-order valence-electron chi connectivity index (χ2n) is 4.28. The van der Waals surface area contributed by atoms with Gasteiger partial charge in [0.1, 0.15) is 0 Å². The molecule has 0 aromatic heterocycles. The van der Waals surface area contributed by atoms with E-state index in [1.54, 1.807) is 0 Å². The predicted octanol–water partition coefficient (Wildman–Crippen LogP) is 5.09. The molecule has 0 saturated carbocycles. The van der Waals surface area contributed by atoms with Crippen LogP contribution in [-0.4, -0.2) is 0 Å². The molecule has 0 amide bonds. The van der Waals surface area contributed by atoms with Crippen LogP contribution in [0.2, 0.25) is 0 Å². The number of benzene rings is 2. The summed E-state index contributed by atoms with van der Waals surface area (Å²) < 4.78 is 86.6. The molecular weight excluding hydrogens is 405 g/mol. The van der Waals surface area contributed by atoms with Gasteiger partial charge in [0, 0.05) is 0 Å². The molecule has 0 radical (unpaired) electrons.